The molecule has 1 saturated heterocycles. The third-order valence-electron chi connectivity index (χ3n) is 2.62. The Morgan fingerprint density at radius 3 is 2.95 bits per heavy atom. The molecule has 20 heavy (non-hydrogen) atoms. The number of rotatable bonds is 1. The van der Waals surface area contributed by atoms with Crippen molar-refractivity contribution in [1.29, 1.82) is 0 Å². The van der Waals surface area contributed by atoms with Gasteiger partial charge in [-0.25, -0.2) is 0 Å². The Hall–Kier alpha value is -2.52. The van der Waals surface area contributed by atoms with Crippen molar-refractivity contribution in [2.45, 2.75) is 6.92 Å². The number of carbonyl (C=O) groups excluding carboxylic acids is 2. The van der Waals surface area contributed by atoms with Crippen molar-refractivity contribution in [3.8, 4) is 11.8 Å². The number of imide groups is 1. The molecule has 0 spiro atoms. The lowest BCUT2D eigenvalue weighted by molar-refractivity contribution is -0.115. The highest BCUT2D eigenvalue weighted by molar-refractivity contribution is 8.18. The van der Waals surface area contributed by atoms with Crippen molar-refractivity contribution in [2.24, 2.45) is 0 Å². The molecule has 0 bridgehead atoms. The first kappa shape index (κ1) is 12.5. The number of furan rings is 1. The summed E-state index contributed by atoms with van der Waals surface area (Å²) in [4.78, 5) is 27.0. The van der Waals surface area contributed by atoms with E-state index in [0.717, 1.165) is 17.1 Å². The van der Waals surface area contributed by atoms with Gasteiger partial charge in [-0.2, -0.15) is 0 Å². The molecule has 0 unspecified atom stereocenters. The van der Waals surface area contributed by atoms with E-state index in [9.17, 15) is 9.59 Å². The second kappa shape index (κ2) is 4.87. The number of hydrogen-bond acceptors (Lipinski definition) is 5. The second-order valence-corrected chi connectivity index (χ2v) is 5.00. The van der Waals surface area contributed by atoms with Crippen LogP contribution in [0.1, 0.15) is 18.2 Å². The molecule has 0 aliphatic carbocycles. The SMILES string of the molecule is CC#Cc1cncc2cc(C=C3SC(=O)NC3=O)oc12. The van der Waals surface area contributed by atoms with Gasteiger partial charge in [-0.1, -0.05) is 5.92 Å². The minimum atomic E-state index is -0.410. The third-order valence-corrected chi connectivity index (χ3v) is 3.43. The molecule has 0 atom stereocenters. The number of nitrogens with one attached hydrogen (secondary N) is 1. The van der Waals surface area contributed by atoms with Crippen LogP contribution in [0, 0.1) is 11.8 Å². The van der Waals surface area contributed by atoms with Crippen LogP contribution < -0.4 is 5.32 Å². The zero-order chi connectivity index (χ0) is 14.1. The molecule has 2 aromatic heterocycles. The van der Waals surface area contributed by atoms with Gasteiger partial charge in [-0.05, 0) is 24.8 Å². The summed E-state index contributed by atoms with van der Waals surface area (Å²) in [5.74, 6) is 5.78. The molecule has 0 saturated carbocycles. The molecule has 1 aliphatic heterocycles. The van der Waals surface area contributed by atoms with E-state index in [4.69, 9.17) is 4.42 Å². The van der Waals surface area contributed by atoms with Crippen molar-refractivity contribution < 1.29 is 14.0 Å². The molecule has 0 aromatic carbocycles. The first-order valence-electron chi connectivity index (χ1n) is 5.72. The summed E-state index contributed by atoms with van der Waals surface area (Å²) < 4.78 is 5.67. The maximum atomic E-state index is 11.5. The van der Waals surface area contributed by atoms with Gasteiger partial charge in [-0.3, -0.25) is 19.9 Å². The Morgan fingerprint density at radius 2 is 2.25 bits per heavy atom. The number of pyridine rings is 1. The second-order valence-electron chi connectivity index (χ2n) is 3.98. The first-order chi connectivity index (χ1) is 9.67. The predicted molar refractivity (Wildman–Crippen MR) is 75.7 cm³/mol. The molecule has 98 valence electrons. The minimum Gasteiger partial charge on any atom is -0.455 e. The standard InChI is InChI=1S/C14H8N2O3S/c1-2-3-8-6-15-7-9-4-10(19-12(8)9)5-11-13(17)16-14(18)20-11/h4-7H,1H3,(H,16,17,18). The number of aromatic nitrogens is 1. The van der Waals surface area contributed by atoms with Gasteiger partial charge in [0.2, 0.25) is 0 Å². The summed E-state index contributed by atoms with van der Waals surface area (Å²) in [6.45, 7) is 1.73. The van der Waals surface area contributed by atoms with Gasteiger partial charge in [-0.15, -0.1) is 5.92 Å². The van der Waals surface area contributed by atoms with Gasteiger partial charge < -0.3 is 4.42 Å². The van der Waals surface area contributed by atoms with Crippen molar-refractivity contribution in [2.75, 3.05) is 0 Å². The van der Waals surface area contributed by atoms with Gasteiger partial charge in [0.15, 0.2) is 5.58 Å². The lowest BCUT2D eigenvalue weighted by Gasteiger charge is -1.91. The molecule has 1 N–H and O–H groups in total. The topological polar surface area (TPSA) is 72.2 Å². The quantitative estimate of drug-likeness (QED) is 0.643. The normalized spacial score (nSPS) is 16.4. The molecule has 3 heterocycles. The Kier molecular flexibility index (Phi) is 3.05. The average Bonchev–Trinajstić information content (AvgIpc) is 2.94. The molecule has 6 heteroatoms. The lowest BCUT2D eigenvalue weighted by atomic mass is 10.2. The lowest BCUT2D eigenvalue weighted by Crippen LogP contribution is -2.17. The predicted octanol–water partition coefficient (Wildman–Crippen LogP) is 2.52. The highest BCUT2D eigenvalue weighted by Gasteiger charge is 2.25. The molecule has 5 nitrogen and oxygen atoms in total. The Bertz CT molecular complexity index is 824. The van der Waals surface area contributed by atoms with Crippen LogP contribution in [0.15, 0.2) is 27.8 Å². The van der Waals surface area contributed by atoms with Crippen LogP contribution in [0.5, 0.6) is 0 Å². The number of thioether (sulfide) groups is 1. The molecule has 2 amide bonds. The number of nitrogens with zero attached hydrogens (tertiary/aromatic N) is 1. The van der Waals surface area contributed by atoms with E-state index in [1.165, 1.54) is 6.08 Å². The smallest absolute Gasteiger partial charge is 0.290 e. The van der Waals surface area contributed by atoms with Crippen LogP contribution in [-0.2, 0) is 4.79 Å². The van der Waals surface area contributed by atoms with Crippen LogP contribution in [0.3, 0.4) is 0 Å². The van der Waals surface area contributed by atoms with Crippen molar-refractivity contribution in [3.05, 3.63) is 34.7 Å². The zero-order valence-corrected chi connectivity index (χ0v) is 11.2. The largest absolute Gasteiger partial charge is 0.455 e. The summed E-state index contributed by atoms with van der Waals surface area (Å²) >= 11 is 0.851. The highest BCUT2D eigenvalue weighted by atomic mass is 32.2. The van der Waals surface area contributed by atoms with E-state index in [0.29, 0.717) is 21.8 Å². The van der Waals surface area contributed by atoms with Crippen molar-refractivity contribution >= 4 is 40.0 Å². The first-order valence-corrected chi connectivity index (χ1v) is 6.54. The number of fused-ring (bicyclic) bond motifs is 1. The van der Waals surface area contributed by atoms with E-state index < -0.39 is 5.91 Å². The maximum Gasteiger partial charge on any atom is 0.290 e. The molecular weight excluding hydrogens is 276 g/mol. The number of amides is 2. The van der Waals surface area contributed by atoms with Crippen LogP contribution in [0.25, 0.3) is 17.0 Å². The van der Waals surface area contributed by atoms with Crippen molar-refractivity contribution in [3.63, 3.8) is 0 Å². The molecule has 0 radical (unpaired) electrons. The average molecular weight is 284 g/mol. The van der Waals surface area contributed by atoms with Gasteiger partial charge in [0.1, 0.15) is 5.76 Å². The summed E-state index contributed by atoms with van der Waals surface area (Å²) in [5, 5.41) is 2.61. The number of carbonyl (C=O) groups is 2. The van der Waals surface area contributed by atoms with E-state index in [1.807, 2.05) is 0 Å². The fraction of sp³-hybridized carbons (Fsp3) is 0.0714. The molecule has 3 rings (SSSR count). The van der Waals surface area contributed by atoms with Gasteiger partial charge >= 0.3 is 0 Å². The van der Waals surface area contributed by atoms with Crippen LogP contribution in [0.4, 0.5) is 4.79 Å². The maximum absolute atomic E-state index is 11.5. The minimum absolute atomic E-state index is 0.310. The van der Waals surface area contributed by atoms with E-state index in [2.05, 4.69) is 22.1 Å². The summed E-state index contributed by atoms with van der Waals surface area (Å²) in [6, 6.07) is 1.76. The van der Waals surface area contributed by atoms with E-state index in [1.54, 1.807) is 25.4 Å². The van der Waals surface area contributed by atoms with Gasteiger partial charge in [0, 0.05) is 23.9 Å². The summed E-state index contributed by atoms with van der Waals surface area (Å²) in [6.07, 6.45) is 4.82. The molecular formula is C14H8N2O3S. The zero-order valence-electron chi connectivity index (χ0n) is 10.4. The van der Waals surface area contributed by atoms with E-state index >= 15 is 0 Å². The van der Waals surface area contributed by atoms with Gasteiger partial charge in [0.05, 0.1) is 10.5 Å². The Balaban J connectivity index is 2.07. The van der Waals surface area contributed by atoms with Crippen molar-refractivity contribution in [1.82, 2.24) is 10.3 Å². The Morgan fingerprint density at radius 1 is 1.40 bits per heavy atom. The molecule has 1 fully saturated rings. The Labute approximate surface area is 118 Å². The van der Waals surface area contributed by atoms with Crippen LogP contribution >= 0.6 is 11.8 Å². The fourth-order valence-corrected chi connectivity index (χ4v) is 2.49. The fourth-order valence-electron chi connectivity index (χ4n) is 1.83. The summed E-state index contributed by atoms with van der Waals surface area (Å²) in [5.41, 5.74) is 1.31. The van der Waals surface area contributed by atoms with Gasteiger partial charge in [0.25, 0.3) is 11.1 Å². The molecule has 2 aromatic rings. The van der Waals surface area contributed by atoms with E-state index in [-0.39, 0.29) is 5.24 Å². The third kappa shape index (κ3) is 2.19. The summed E-state index contributed by atoms with van der Waals surface area (Å²) in [7, 11) is 0. The van der Waals surface area contributed by atoms with Crippen LogP contribution in [0.2, 0.25) is 0 Å². The monoisotopic (exact) mass is 284 g/mol. The number of hydrogen-bond donors (Lipinski definition) is 1. The highest BCUT2D eigenvalue weighted by Crippen LogP contribution is 2.28. The molecule has 1 aliphatic rings. The van der Waals surface area contributed by atoms with Crippen LogP contribution in [-0.4, -0.2) is 16.1 Å².